The lowest BCUT2D eigenvalue weighted by atomic mass is 10.1. The number of hydrogen-bond acceptors (Lipinski definition) is 5. The Morgan fingerprint density at radius 1 is 1.15 bits per heavy atom. The molecule has 3 aromatic rings. The van der Waals surface area contributed by atoms with E-state index in [1.807, 2.05) is 17.5 Å². The summed E-state index contributed by atoms with van der Waals surface area (Å²) in [7, 11) is 0. The van der Waals surface area contributed by atoms with E-state index in [4.69, 9.17) is 4.74 Å². The number of amides is 1. The van der Waals surface area contributed by atoms with E-state index >= 15 is 0 Å². The zero-order valence-electron chi connectivity index (χ0n) is 14.0. The van der Waals surface area contributed by atoms with E-state index in [-0.39, 0.29) is 24.0 Å². The molecule has 3 rings (SSSR count). The van der Waals surface area contributed by atoms with Gasteiger partial charge in [-0.2, -0.15) is 0 Å². The quantitative estimate of drug-likeness (QED) is 0.490. The van der Waals surface area contributed by atoms with Crippen LogP contribution >= 0.6 is 11.3 Å². The second kappa shape index (κ2) is 8.41. The van der Waals surface area contributed by atoms with E-state index in [1.165, 1.54) is 47.7 Å². The van der Waals surface area contributed by atoms with Gasteiger partial charge in [-0.3, -0.25) is 14.9 Å². The lowest BCUT2D eigenvalue weighted by molar-refractivity contribution is -0.384. The van der Waals surface area contributed by atoms with Crippen LogP contribution in [0, 0.1) is 15.9 Å². The third-order valence-corrected chi connectivity index (χ3v) is 4.69. The molecule has 0 bridgehead atoms. The van der Waals surface area contributed by atoms with E-state index < -0.39 is 11.0 Å². The van der Waals surface area contributed by atoms with Crippen LogP contribution in [0.4, 0.5) is 10.1 Å². The van der Waals surface area contributed by atoms with Crippen LogP contribution in [-0.4, -0.2) is 17.4 Å². The Morgan fingerprint density at radius 3 is 2.44 bits per heavy atom. The van der Waals surface area contributed by atoms with Crippen molar-refractivity contribution in [1.29, 1.82) is 0 Å². The van der Waals surface area contributed by atoms with Crippen LogP contribution in [-0.2, 0) is 4.79 Å². The molecule has 1 N–H and O–H groups in total. The predicted molar refractivity (Wildman–Crippen MR) is 99.3 cm³/mol. The first kappa shape index (κ1) is 18.5. The Hall–Kier alpha value is -3.26. The van der Waals surface area contributed by atoms with Gasteiger partial charge in [-0.15, -0.1) is 11.3 Å². The Balaban J connectivity index is 1.66. The smallest absolute Gasteiger partial charge is 0.269 e. The number of nitro benzene ring substituents is 1. The molecule has 1 amide bonds. The zero-order valence-corrected chi connectivity index (χ0v) is 14.8. The number of carbonyl (C=O) groups is 1. The zero-order chi connectivity index (χ0) is 19.2. The summed E-state index contributed by atoms with van der Waals surface area (Å²) in [6.07, 6.45) is 0. The van der Waals surface area contributed by atoms with Crippen molar-refractivity contribution in [3.63, 3.8) is 0 Å². The maximum atomic E-state index is 13.2. The number of rotatable bonds is 7. The average Bonchev–Trinajstić information content (AvgIpc) is 3.20. The number of halogens is 1. The summed E-state index contributed by atoms with van der Waals surface area (Å²) in [5.41, 5.74) is 0.698. The summed E-state index contributed by atoms with van der Waals surface area (Å²) < 4.78 is 18.6. The molecule has 138 valence electrons. The van der Waals surface area contributed by atoms with Crippen LogP contribution < -0.4 is 10.1 Å². The van der Waals surface area contributed by atoms with Gasteiger partial charge in [0.2, 0.25) is 0 Å². The minimum absolute atomic E-state index is 0.0547. The van der Waals surface area contributed by atoms with Crippen LogP contribution in [0.5, 0.6) is 5.75 Å². The summed E-state index contributed by atoms with van der Waals surface area (Å²) in [5, 5.41) is 15.4. The number of benzene rings is 2. The molecule has 1 aromatic heterocycles. The molecule has 0 fully saturated rings. The topological polar surface area (TPSA) is 81.5 Å². The standard InChI is InChI=1S/C19H15FN2O4S/c20-14-5-3-13(4-6-14)19(17-2-1-11-27-17)21-18(23)12-26-16-9-7-15(8-10-16)22(24)25/h1-11,19H,12H2,(H,21,23). The molecule has 0 spiro atoms. The largest absolute Gasteiger partial charge is 0.484 e. The highest BCUT2D eigenvalue weighted by molar-refractivity contribution is 7.10. The van der Waals surface area contributed by atoms with Crippen molar-refractivity contribution in [2.45, 2.75) is 6.04 Å². The van der Waals surface area contributed by atoms with Gasteiger partial charge in [-0.05, 0) is 41.3 Å². The van der Waals surface area contributed by atoms with Crippen molar-refractivity contribution in [3.8, 4) is 5.75 Å². The van der Waals surface area contributed by atoms with Gasteiger partial charge >= 0.3 is 0 Å². The van der Waals surface area contributed by atoms with E-state index in [2.05, 4.69) is 5.32 Å². The Kier molecular flexibility index (Phi) is 5.77. The molecule has 1 atom stereocenters. The second-order valence-corrected chi connectivity index (χ2v) is 6.59. The van der Waals surface area contributed by atoms with Crippen molar-refractivity contribution >= 4 is 22.9 Å². The molecule has 2 aromatic carbocycles. The third-order valence-electron chi connectivity index (χ3n) is 3.75. The average molecular weight is 386 g/mol. The third kappa shape index (κ3) is 4.89. The minimum atomic E-state index is -0.509. The van der Waals surface area contributed by atoms with Crippen molar-refractivity contribution in [2.24, 2.45) is 0 Å². The second-order valence-electron chi connectivity index (χ2n) is 5.61. The van der Waals surface area contributed by atoms with Gasteiger partial charge in [-0.1, -0.05) is 18.2 Å². The molecular weight excluding hydrogens is 371 g/mol. The maximum absolute atomic E-state index is 13.2. The number of hydrogen-bond donors (Lipinski definition) is 1. The van der Waals surface area contributed by atoms with Gasteiger partial charge in [0.25, 0.3) is 11.6 Å². The highest BCUT2D eigenvalue weighted by atomic mass is 32.1. The summed E-state index contributed by atoms with van der Waals surface area (Å²) in [5.74, 6) is -0.363. The van der Waals surface area contributed by atoms with Crippen LogP contribution in [0.2, 0.25) is 0 Å². The van der Waals surface area contributed by atoms with Crippen molar-refractivity contribution in [2.75, 3.05) is 6.61 Å². The van der Waals surface area contributed by atoms with Crippen LogP contribution in [0.15, 0.2) is 66.0 Å². The van der Waals surface area contributed by atoms with Gasteiger partial charge in [0.1, 0.15) is 11.6 Å². The minimum Gasteiger partial charge on any atom is -0.484 e. The molecule has 0 radical (unpaired) electrons. The molecule has 0 saturated heterocycles. The number of nitrogens with one attached hydrogen (secondary N) is 1. The normalized spacial score (nSPS) is 11.6. The number of nitro groups is 1. The van der Waals surface area contributed by atoms with E-state index in [0.29, 0.717) is 5.75 Å². The van der Waals surface area contributed by atoms with Crippen LogP contribution in [0.1, 0.15) is 16.5 Å². The predicted octanol–water partition coefficient (Wildman–Crippen LogP) is 4.08. The van der Waals surface area contributed by atoms with Crippen molar-refractivity contribution < 1.29 is 18.8 Å². The number of non-ortho nitro benzene ring substituents is 1. The lowest BCUT2D eigenvalue weighted by Crippen LogP contribution is -2.32. The van der Waals surface area contributed by atoms with Gasteiger partial charge in [0.15, 0.2) is 6.61 Å². The van der Waals surface area contributed by atoms with E-state index in [9.17, 15) is 19.3 Å². The SMILES string of the molecule is O=C(COc1ccc([N+](=O)[O-])cc1)NC(c1ccc(F)cc1)c1cccs1. The number of ether oxygens (including phenoxy) is 1. The molecule has 27 heavy (non-hydrogen) atoms. The summed E-state index contributed by atoms with van der Waals surface area (Å²) in [6, 6.07) is 14.7. The molecule has 0 aliphatic rings. The van der Waals surface area contributed by atoms with Crippen LogP contribution in [0.3, 0.4) is 0 Å². The fraction of sp³-hybridized carbons (Fsp3) is 0.105. The number of carbonyl (C=O) groups excluding carboxylic acids is 1. The van der Waals surface area contributed by atoms with Gasteiger partial charge in [0.05, 0.1) is 11.0 Å². The fourth-order valence-corrected chi connectivity index (χ4v) is 3.25. The highest BCUT2D eigenvalue weighted by Crippen LogP contribution is 2.26. The summed E-state index contributed by atoms with van der Waals surface area (Å²) in [4.78, 5) is 23.4. The monoisotopic (exact) mass is 386 g/mol. The molecule has 8 heteroatoms. The molecule has 0 aliphatic carbocycles. The van der Waals surface area contributed by atoms with Crippen LogP contribution in [0.25, 0.3) is 0 Å². The molecule has 0 aliphatic heterocycles. The molecule has 1 unspecified atom stereocenters. The summed E-state index contributed by atoms with van der Waals surface area (Å²) >= 11 is 1.48. The van der Waals surface area contributed by atoms with Crippen molar-refractivity contribution in [1.82, 2.24) is 5.32 Å². The highest BCUT2D eigenvalue weighted by Gasteiger charge is 2.18. The molecule has 6 nitrogen and oxygen atoms in total. The lowest BCUT2D eigenvalue weighted by Gasteiger charge is -2.18. The molecule has 1 heterocycles. The fourth-order valence-electron chi connectivity index (χ4n) is 2.45. The Bertz CT molecular complexity index is 912. The Labute approximate surface area is 158 Å². The first-order valence-corrected chi connectivity index (χ1v) is 8.86. The Morgan fingerprint density at radius 2 is 1.85 bits per heavy atom. The van der Waals surface area contributed by atoms with E-state index in [0.717, 1.165) is 10.4 Å². The van der Waals surface area contributed by atoms with Gasteiger partial charge < -0.3 is 10.1 Å². The van der Waals surface area contributed by atoms with Gasteiger partial charge in [-0.25, -0.2) is 4.39 Å². The van der Waals surface area contributed by atoms with E-state index in [1.54, 1.807) is 12.1 Å². The first-order chi connectivity index (χ1) is 13.0. The number of nitrogens with zero attached hydrogens (tertiary/aromatic N) is 1. The summed E-state index contributed by atoms with van der Waals surface area (Å²) in [6.45, 7) is -0.249. The van der Waals surface area contributed by atoms with Crippen molar-refractivity contribution in [3.05, 3.63) is 92.4 Å². The molecular formula is C19H15FN2O4S. The molecule has 0 saturated carbocycles. The number of thiophene rings is 1. The maximum Gasteiger partial charge on any atom is 0.269 e. The van der Waals surface area contributed by atoms with Gasteiger partial charge in [0, 0.05) is 17.0 Å². The first-order valence-electron chi connectivity index (χ1n) is 7.98.